The van der Waals surface area contributed by atoms with Crippen LogP contribution in [0.3, 0.4) is 0 Å². The van der Waals surface area contributed by atoms with E-state index in [1.54, 1.807) is 10.7 Å². The number of amides is 1. The first-order valence-electron chi connectivity index (χ1n) is 9.85. The molecular formula is C24H19N5OS. The molecule has 6 nitrogen and oxygen atoms in total. The maximum Gasteiger partial charge on any atom is 0.258 e. The van der Waals surface area contributed by atoms with Crippen molar-refractivity contribution in [2.24, 2.45) is 0 Å². The van der Waals surface area contributed by atoms with Crippen molar-refractivity contribution in [2.45, 2.75) is 13.8 Å². The number of fused-ring (bicyclic) bond motifs is 1. The number of anilines is 1. The number of carbonyl (C=O) groups excluding carboxylic acids is 1. The highest BCUT2D eigenvalue weighted by Crippen LogP contribution is 2.28. The van der Waals surface area contributed by atoms with Gasteiger partial charge in [0.05, 0.1) is 28.0 Å². The van der Waals surface area contributed by atoms with E-state index >= 15 is 0 Å². The molecule has 0 fully saturated rings. The molecule has 152 valence electrons. The van der Waals surface area contributed by atoms with Gasteiger partial charge in [0, 0.05) is 16.6 Å². The Balaban J connectivity index is 1.52. The standard InChI is InChI=1S/C24H19N5OS/c1-15-13-19(21-16(2)28-29(22(21)25-15)18-11-7-4-8-12-18)23(30)27-24-26-20(14-31-24)17-9-5-3-6-10-17/h3-14H,1-2H3,(H,26,27,30). The Morgan fingerprint density at radius 3 is 2.42 bits per heavy atom. The molecule has 1 N–H and O–H groups in total. The third-order valence-electron chi connectivity index (χ3n) is 4.98. The van der Waals surface area contributed by atoms with Gasteiger partial charge in [-0.25, -0.2) is 14.6 Å². The zero-order valence-electron chi connectivity index (χ0n) is 17.0. The van der Waals surface area contributed by atoms with E-state index in [-0.39, 0.29) is 5.91 Å². The van der Waals surface area contributed by atoms with Gasteiger partial charge in [0.25, 0.3) is 5.91 Å². The molecule has 0 saturated heterocycles. The first-order chi connectivity index (χ1) is 15.1. The third kappa shape index (κ3) is 3.60. The minimum Gasteiger partial charge on any atom is -0.298 e. The summed E-state index contributed by atoms with van der Waals surface area (Å²) in [7, 11) is 0. The van der Waals surface area contributed by atoms with Crippen molar-refractivity contribution in [1.29, 1.82) is 0 Å². The molecule has 0 bridgehead atoms. The van der Waals surface area contributed by atoms with E-state index in [1.807, 2.05) is 79.9 Å². The molecule has 1 amide bonds. The monoisotopic (exact) mass is 425 g/mol. The number of hydrogen-bond acceptors (Lipinski definition) is 5. The molecule has 3 heterocycles. The Bertz CT molecular complexity index is 1390. The van der Waals surface area contributed by atoms with Gasteiger partial charge in [-0.15, -0.1) is 11.3 Å². The lowest BCUT2D eigenvalue weighted by Gasteiger charge is -2.07. The average molecular weight is 426 g/mol. The molecule has 2 aromatic carbocycles. The van der Waals surface area contributed by atoms with E-state index in [0.717, 1.165) is 33.7 Å². The number of para-hydroxylation sites is 1. The lowest BCUT2D eigenvalue weighted by Crippen LogP contribution is -2.13. The number of rotatable bonds is 4. The fourth-order valence-electron chi connectivity index (χ4n) is 3.58. The van der Waals surface area contributed by atoms with Crippen LogP contribution in [0.5, 0.6) is 0 Å². The third-order valence-corrected chi connectivity index (χ3v) is 5.74. The Morgan fingerprint density at radius 1 is 0.968 bits per heavy atom. The molecule has 0 radical (unpaired) electrons. The number of aromatic nitrogens is 4. The average Bonchev–Trinajstić information content (AvgIpc) is 3.39. The van der Waals surface area contributed by atoms with Crippen LogP contribution in [0.1, 0.15) is 21.7 Å². The van der Waals surface area contributed by atoms with Crippen molar-refractivity contribution in [3.05, 3.63) is 89.1 Å². The number of thiazole rings is 1. The highest BCUT2D eigenvalue weighted by Gasteiger charge is 2.20. The first-order valence-corrected chi connectivity index (χ1v) is 10.7. The zero-order chi connectivity index (χ0) is 21.4. The highest BCUT2D eigenvalue weighted by molar-refractivity contribution is 7.14. The molecule has 0 aliphatic rings. The van der Waals surface area contributed by atoms with Crippen LogP contribution in [0.25, 0.3) is 28.0 Å². The Morgan fingerprint density at radius 2 is 1.68 bits per heavy atom. The summed E-state index contributed by atoms with van der Waals surface area (Å²) in [6, 6.07) is 21.5. The number of benzene rings is 2. The molecule has 3 aromatic heterocycles. The van der Waals surface area contributed by atoms with Crippen LogP contribution in [0, 0.1) is 13.8 Å². The SMILES string of the molecule is Cc1cc(C(=O)Nc2nc(-c3ccccc3)cs2)c2c(C)nn(-c3ccccc3)c2n1. The molecule has 0 unspecified atom stereocenters. The van der Waals surface area contributed by atoms with Gasteiger partial charge < -0.3 is 0 Å². The van der Waals surface area contributed by atoms with Gasteiger partial charge in [0.1, 0.15) is 0 Å². The van der Waals surface area contributed by atoms with Crippen molar-refractivity contribution in [3.8, 4) is 16.9 Å². The lowest BCUT2D eigenvalue weighted by atomic mass is 10.1. The van der Waals surface area contributed by atoms with E-state index < -0.39 is 0 Å². The Hall–Kier alpha value is -3.84. The fraction of sp³-hybridized carbons (Fsp3) is 0.0833. The van der Waals surface area contributed by atoms with Crippen LogP contribution in [0.15, 0.2) is 72.1 Å². The smallest absolute Gasteiger partial charge is 0.258 e. The fourth-order valence-corrected chi connectivity index (χ4v) is 4.29. The van der Waals surface area contributed by atoms with Gasteiger partial charge in [0.2, 0.25) is 0 Å². The number of carbonyl (C=O) groups is 1. The molecule has 0 saturated carbocycles. The van der Waals surface area contributed by atoms with Gasteiger partial charge in [-0.05, 0) is 32.0 Å². The van der Waals surface area contributed by atoms with E-state index in [4.69, 9.17) is 0 Å². The van der Waals surface area contributed by atoms with Crippen LogP contribution in [-0.2, 0) is 0 Å². The van der Waals surface area contributed by atoms with Crippen molar-refractivity contribution in [1.82, 2.24) is 19.7 Å². The summed E-state index contributed by atoms with van der Waals surface area (Å²) in [4.78, 5) is 22.5. The van der Waals surface area contributed by atoms with Crippen LogP contribution in [0.4, 0.5) is 5.13 Å². The predicted octanol–water partition coefficient (Wildman–Crippen LogP) is 5.41. The minimum absolute atomic E-state index is 0.222. The first kappa shape index (κ1) is 19.1. The molecule has 0 aliphatic heterocycles. The summed E-state index contributed by atoms with van der Waals surface area (Å²) in [5.74, 6) is -0.222. The van der Waals surface area contributed by atoms with Gasteiger partial charge >= 0.3 is 0 Å². The quantitative estimate of drug-likeness (QED) is 0.418. The Kier molecular flexibility index (Phi) is 4.80. The summed E-state index contributed by atoms with van der Waals surface area (Å²) in [5.41, 5.74) is 5.46. The molecule has 0 spiro atoms. The summed E-state index contributed by atoms with van der Waals surface area (Å²) >= 11 is 1.40. The predicted molar refractivity (Wildman–Crippen MR) is 124 cm³/mol. The number of hydrogen-bond donors (Lipinski definition) is 1. The number of pyridine rings is 1. The number of nitrogens with zero attached hydrogens (tertiary/aromatic N) is 4. The van der Waals surface area contributed by atoms with Gasteiger partial charge in [-0.1, -0.05) is 48.5 Å². The van der Waals surface area contributed by atoms with Crippen LogP contribution in [0.2, 0.25) is 0 Å². The topological polar surface area (TPSA) is 72.7 Å². The maximum atomic E-state index is 13.2. The summed E-state index contributed by atoms with van der Waals surface area (Å²) in [6.07, 6.45) is 0. The zero-order valence-corrected chi connectivity index (χ0v) is 17.9. The van der Waals surface area contributed by atoms with Gasteiger partial charge in [-0.3, -0.25) is 10.1 Å². The van der Waals surface area contributed by atoms with E-state index in [2.05, 4.69) is 20.4 Å². The van der Waals surface area contributed by atoms with Gasteiger partial charge in [-0.2, -0.15) is 5.10 Å². The summed E-state index contributed by atoms with van der Waals surface area (Å²) in [6.45, 7) is 3.78. The van der Waals surface area contributed by atoms with E-state index in [9.17, 15) is 4.79 Å². The second kappa shape index (κ2) is 7.77. The molecule has 0 atom stereocenters. The minimum atomic E-state index is -0.222. The molecule has 7 heteroatoms. The summed E-state index contributed by atoms with van der Waals surface area (Å²) < 4.78 is 1.78. The van der Waals surface area contributed by atoms with Crippen LogP contribution in [-0.4, -0.2) is 25.7 Å². The molecular weight excluding hydrogens is 406 g/mol. The Labute approximate surface area is 183 Å². The van der Waals surface area contributed by atoms with E-state index in [1.165, 1.54) is 11.3 Å². The van der Waals surface area contributed by atoms with E-state index in [0.29, 0.717) is 16.3 Å². The van der Waals surface area contributed by atoms with Crippen molar-refractivity contribution < 1.29 is 4.79 Å². The molecule has 5 rings (SSSR count). The second-order valence-corrected chi connectivity index (χ2v) is 8.06. The number of nitrogens with one attached hydrogen (secondary N) is 1. The maximum absolute atomic E-state index is 13.2. The summed E-state index contributed by atoms with van der Waals surface area (Å²) in [5, 5.41) is 10.8. The molecule has 0 aliphatic carbocycles. The molecule has 5 aromatic rings. The normalized spacial score (nSPS) is 11.0. The van der Waals surface area contributed by atoms with Crippen molar-refractivity contribution in [2.75, 3.05) is 5.32 Å². The van der Waals surface area contributed by atoms with Crippen molar-refractivity contribution in [3.63, 3.8) is 0 Å². The van der Waals surface area contributed by atoms with Crippen molar-refractivity contribution >= 4 is 33.4 Å². The molecule has 31 heavy (non-hydrogen) atoms. The van der Waals surface area contributed by atoms with Crippen LogP contribution >= 0.6 is 11.3 Å². The lowest BCUT2D eigenvalue weighted by molar-refractivity contribution is 0.102. The highest BCUT2D eigenvalue weighted by atomic mass is 32.1. The second-order valence-electron chi connectivity index (χ2n) is 7.20. The largest absolute Gasteiger partial charge is 0.298 e. The van der Waals surface area contributed by atoms with Crippen LogP contribution < -0.4 is 5.32 Å². The number of aryl methyl sites for hydroxylation is 2. The van der Waals surface area contributed by atoms with Gasteiger partial charge in [0.15, 0.2) is 10.8 Å².